The number of nitrogen functional groups attached to an aromatic ring is 1. The fourth-order valence-corrected chi connectivity index (χ4v) is 1.52. The maximum absolute atomic E-state index is 11.5. The second-order valence-electron chi connectivity index (χ2n) is 2.90. The fraction of sp³-hybridized carbons (Fsp3) is 0.200. The molecular weight excluding hydrogens is 305 g/mol. The van der Waals surface area contributed by atoms with Crippen LogP contribution in [-0.2, 0) is 0 Å². The molecule has 0 saturated heterocycles. The van der Waals surface area contributed by atoms with E-state index in [1.807, 2.05) is 6.07 Å². The molecule has 3 N–H and O–H groups in total. The molecule has 0 aliphatic rings. The highest BCUT2D eigenvalue weighted by molar-refractivity contribution is 14.1. The summed E-state index contributed by atoms with van der Waals surface area (Å²) < 4.78 is 0.848. The minimum Gasteiger partial charge on any atom is -0.398 e. The van der Waals surface area contributed by atoms with Crippen LogP contribution in [0.1, 0.15) is 16.8 Å². The van der Waals surface area contributed by atoms with Gasteiger partial charge in [-0.25, -0.2) is 0 Å². The predicted octanol–water partition coefficient (Wildman–Crippen LogP) is 1.52. The standard InChI is InChI=1S/C10H10IN3O/c11-8-6-7(2-3-9(8)13)10(15)14-5-1-4-12/h2-3,6H,1,5,13H2,(H,14,15). The third-order valence-corrected chi connectivity index (χ3v) is 2.72. The number of amides is 1. The molecular formula is C10H10IN3O. The van der Waals surface area contributed by atoms with E-state index in [1.54, 1.807) is 18.2 Å². The molecule has 0 unspecified atom stereocenters. The molecule has 0 aromatic heterocycles. The van der Waals surface area contributed by atoms with E-state index >= 15 is 0 Å². The van der Waals surface area contributed by atoms with Gasteiger partial charge in [-0.3, -0.25) is 4.79 Å². The van der Waals surface area contributed by atoms with E-state index in [4.69, 9.17) is 11.0 Å². The molecule has 0 aliphatic carbocycles. The molecule has 78 valence electrons. The highest BCUT2D eigenvalue weighted by Crippen LogP contribution is 2.16. The van der Waals surface area contributed by atoms with E-state index < -0.39 is 0 Å². The van der Waals surface area contributed by atoms with Gasteiger partial charge < -0.3 is 11.1 Å². The first-order chi connectivity index (χ1) is 7.15. The zero-order valence-corrected chi connectivity index (χ0v) is 10.1. The quantitative estimate of drug-likeness (QED) is 0.504. The summed E-state index contributed by atoms with van der Waals surface area (Å²) in [6.07, 6.45) is 0.317. The third-order valence-electron chi connectivity index (χ3n) is 1.79. The smallest absolute Gasteiger partial charge is 0.251 e. The number of nitriles is 1. The number of nitrogens with one attached hydrogen (secondary N) is 1. The number of hydrogen-bond acceptors (Lipinski definition) is 3. The van der Waals surface area contributed by atoms with Gasteiger partial charge in [-0.15, -0.1) is 0 Å². The number of benzene rings is 1. The van der Waals surface area contributed by atoms with Gasteiger partial charge in [-0.2, -0.15) is 5.26 Å². The third kappa shape index (κ3) is 3.40. The Morgan fingerprint density at radius 2 is 2.33 bits per heavy atom. The molecule has 1 rings (SSSR count). The largest absolute Gasteiger partial charge is 0.398 e. The van der Waals surface area contributed by atoms with E-state index in [9.17, 15) is 4.79 Å². The second kappa shape index (κ2) is 5.56. The van der Waals surface area contributed by atoms with Gasteiger partial charge in [0.2, 0.25) is 0 Å². The van der Waals surface area contributed by atoms with Crippen molar-refractivity contribution in [2.24, 2.45) is 0 Å². The Labute approximate surface area is 102 Å². The Morgan fingerprint density at radius 3 is 2.93 bits per heavy atom. The minimum absolute atomic E-state index is 0.178. The van der Waals surface area contributed by atoms with E-state index in [2.05, 4.69) is 27.9 Å². The summed E-state index contributed by atoms with van der Waals surface area (Å²) in [5.41, 5.74) is 6.85. The van der Waals surface area contributed by atoms with Gasteiger partial charge in [0, 0.05) is 21.4 Å². The number of rotatable bonds is 3. The monoisotopic (exact) mass is 315 g/mol. The van der Waals surface area contributed by atoms with Crippen LogP contribution >= 0.6 is 22.6 Å². The molecule has 0 atom stereocenters. The number of carbonyl (C=O) groups is 1. The molecule has 15 heavy (non-hydrogen) atoms. The van der Waals surface area contributed by atoms with E-state index in [0.717, 1.165) is 3.57 Å². The highest BCUT2D eigenvalue weighted by atomic mass is 127. The summed E-state index contributed by atoms with van der Waals surface area (Å²) in [6, 6.07) is 7.04. The number of anilines is 1. The lowest BCUT2D eigenvalue weighted by Crippen LogP contribution is -2.24. The second-order valence-corrected chi connectivity index (χ2v) is 4.06. The van der Waals surface area contributed by atoms with Crippen LogP contribution < -0.4 is 11.1 Å². The molecule has 0 fully saturated rings. The van der Waals surface area contributed by atoms with Crippen molar-refractivity contribution in [1.82, 2.24) is 5.32 Å². The molecule has 0 saturated carbocycles. The number of hydrogen-bond donors (Lipinski definition) is 2. The number of nitrogens with two attached hydrogens (primary N) is 1. The first kappa shape index (κ1) is 11.8. The van der Waals surface area contributed by atoms with Crippen LogP contribution in [0, 0.1) is 14.9 Å². The zero-order valence-electron chi connectivity index (χ0n) is 7.96. The van der Waals surface area contributed by atoms with Gasteiger partial charge in [0.1, 0.15) is 0 Å². The van der Waals surface area contributed by atoms with Gasteiger partial charge in [-0.05, 0) is 40.8 Å². The van der Waals surface area contributed by atoms with E-state index in [0.29, 0.717) is 24.2 Å². The summed E-state index contributed by atoms with van der Waals surface area (Å²) in [5, 5.41) is 11.0. The Balaban J connectivity index is 2.67. The van der Waals surface area contributed by atoms with Crippen molar-refractivity contribution in [3.63, 3.8) is 0 Å². The Hall–Kier alpha value is -1.29. The molecule has 0 heterocycles. The molecule has 0 radical (unpaired) electrons. The minimum atomic E-state index is -0.178. The summed E-state index contributed by atoms with van der Waals surface area (Å²) in [4.78, 5) is 11.5. The summed E-state index contributed by atoms with van der Waals surface area (Å²) >= 11 is 2.07. The predicted molar refractivity (Wildman–Crippen MR) is 66.1 cm³/mol. The topological polar surface area (TPSA) is 78.9 Å². The van der Waals surface area contributed by atoms with Crippen molar-refractivity contribution in [2.45, 2.75) is 6.42 Å². The molecule has 1 amide bonds. The van der Waals surface area contributed by atoms with E-state index in [1.165, 1.54) is 0 Å². The molecule has 1 aromatic carbocycles. The normalized spacial score (nSPS) is 9.33. The van der Waals surface area contributed by atoms with Crippen LogP contribution in [0.4, 0.5) is 5.69 Å². The molecule has 0 aliphatic heterocycles. The lowest BCUT2D eigenvalue weighted by Gasteiger charge is -2.04. The molecule has 0 bridgehead atoms. The number of halogens is 1. The first-order valence-corrected chi connectivity index (χ1v) is 5.43. The first-order valence-electron chi connectivity index (χ1n) is 4.35. The summed E-state index contributed by atoms with van der Waals surface area (Å²) in [5.74, 6) is -0.178. The maximum Gasteiger partial charge on any atom is 0.251 e. The zero-order chi connectivity index (χ0) is 11.3. The van der Waals surface area contributed by atoms with Gasteiger partial charge >= 0.3 is 0 Å². The van der Waals surface area contributed by atoms with Gasteiger partial charge in [0.05, 0.1) is 12.5 Å². The Kier molecular flexibility index (Phi) is 4.37. The maximum atomic E-state index is 11.5. The number of nitrogens with zero attached hydrogens (tertiary/aromatic N) is 1. The van der Waals surface area contributed by atoms with Crippen molar-refractivity contribution < 1.29 is 4.79 Å². The van der Waals surface area contributed by atoms with Crippen molar-refractivity contribution >= 4 is 34.2 Å². The Morgan fingerprint density at radius 1 is 1.60 bits per heavy atom. The molecule has 4 nitrogen and oxygen atoms in total. The van der Waals surface area contributed by atoms with Crippen LogP contribution in [0.15, 0.2) is 18.2 Å². The Bertz CT molecular complexity index is 412. The fourth-order valence-electron chi connectivity index (χ4n) is 1.00. The van der Waals surface area contributed by atoms with Gasteiger partial charge in [0.25, 0.3) is 5.91 Å². The van der Waals surface area contributed by atoms with Crippen LogP contribution in [0.2, 0.25) is 0 Å². The van der Waals surface area contributed by atoms with Gasteiger partial charge in [0.15, 0.2) is 0 Å². The number of carbonyl (C=O) groups excluding carboxylic acids is 1. The SMILES string of the molecule is N#CCCNC(=O)c1ccc(N)c(I)c1. The van der Waals surface area contributed by atoms with Gasteiger partial charge in [-0.1, -0.05) is 0 Å². The average Bonchev–Trinajstić information content (AvgIpc) is 2.22. The summed E-state index contributed by atoms with van der Waals surface area (Å²) in [7, 11) is 0. The van der Waals surface area contributed by atoms with Crippen LogP contribution in [-0.4, -0.2) is 12.5 Å². The van der Waals surface area contributed by atoms with Crippen LogP contribution in [0.25, 0.3) is 0 Å². The highest BCUT2D eigenvalue weighted by Gasteiger charge is 2.06. The lowest BCUT2D eigenvalue weighted by molar-refractivity contribution is 0.0954. The average molecular weight is 315 g/mol. The summed E-state index contributed by atoms with van der Waals surface area (Å²) in [6.45, 7) is 0.371. The van der Waals surface area contributed by atoms with Crippen LogP contribution in [0.5, 0.6) is 0 Å². The lowest BCUT2D eigenvalue weighted by atomic mass is 10.2. The van der Waals surface area contributed by atoms with Crippen LogP contribution in [0.3, 0.4) is 0 Å². The van der Waals surface area contributed by atoms with Crippen molar-refractivity contribution in [3.05, 3.63) is 27.3 Å². The molecule has 1 aromatic rings. The van der Waals surface area contributed by atoms with Crippen molar-refractivity contribution in [3.8, 4) is 6.07 Å². The molecule has 0 spiro atoms. The van der Waals surface area contributed by atoms with Crippen molar-refractivity contribution in [1.29, 1.82) is 5.26 Å². The molecule has 5 heteroatoms. The van der Waals surface area contributed by atoms with E-state index in [-0.39, 0.29) is 5.91 Å². The van der Waals surface area contributed by atoms with Crippen molar-refractivity contribution in [2.75, 3.05) is 12.3 Å².